The van der Waals surface area contributed by atoms with E-state index in [9.17, 15) is 19.2 Å². The molecule has 0 spiro atoms. The normalized spacial score (nSPS) is 14.0. The maximum atomic E-state index is 14.0. The Bertz CT molecular complexity index is 1020. The molecule has 1 N–H and O–H groups in total. The third-order valence-corrected chi connectivity index (χ3v) is 4.85. The minimum atomic E-state index is -0.615. The molecule has 0 atom stereocenters. The zero-order valence-corrected chi connectivity index (χ0v) is 17.2. The molecule has 2 aromatic carbocycles. The van der Waals surface area contributed by atoms with Crippen molar-refractivity contribution in [2.24, 2.45) is 0 Å². The van der Waals surface area contributed by atoms with Gasteiger partial charge < -0.3 is 19.9 Å². The van der Waals surface area contributed by atoms with Crippen LogP contribution in [0, 0.1) is 17.1 Å². The van der Waals surface area contributed by atoms with Gasteiger partial charge in [-0.05, 0) is 31.2 Å². The van der Waals surface area contributed by atoms with Gasteiger partial charge >= 0.3 is 5.97 Å². The fourth-order valence-corrected chi connectivity index (χ4v) is 3.29. The SMILES string of the molecule is CCOC(=O)c1ccccc1NC(=O)/C(C#N)=C\N1CCN(c2ccccc2F)CC1. The molecule has 0 unspecified atom stereocenters. The van der Waals surface area contributed by atoms with Crippen LogP contribution >= 0.6 is 0 Å². The molecular weight excluding hydrogens is 399 g/mol. The summed E-state index contributed by atoms with van der Waals surface area (Å²) in [5, 5.41) is 12.1. The van der Waals surface area contributed by atoms with Gasteiger partial charge in [0.05, 0.1) is 23.5 Å². The average Bonchev–Trinajstić information content (AvgIpc) is 2.78. The predicted molar refractivity (Wildman–Crippen MR) is 115 cm³/mol. The summed E-state index contributed by atoms with van der Waals surface area (Å²) in [5.41, 5.74) is 0.947. The van der Waals surface area contributed by atoms with Crippen molar-refractivity contribution < 1.29 is 18.7 Å². The summed E-state index contributed by atoms with van der Waals surface area (Å²) in [4.78, 5) is 28.5. The molecule has 1 aliphatic heterocycles. The Morgan fingerprint density at radius 1 is 1.13 bits per heavy atom. The number of esters is 1. The molecule has 0 aliphatic carbocycles. The van der Waals surface area contributed by atoms with Crippen LogP contribution in [0.1, 0.15) is 17.3 Å². The number of rotatable bonds is 6. The minimum Gasteiger partial charge on any atom is -0.462 e. The Kier molecular flexibility index (Phi) is 7.22. The van der Waals surface area contributed by atoms with E-state index in [4.69, 9.17) is 4.74 Å². The lowest BCUT2D eigenvalue weighted by atomic mass is 10.1. The maximum absolute atomic E-state index is 14.0. The van der Waals surface area contributed by atoms with Crippen molar-refractivity contribution in [2.75, 3.05) is 43.0 Å². The van der Waals surface area contributed by atoms with Gasteiger partial charge in [0.25, 0.3) is 5.91 Å². The molecule has 0 bridgehead atoms. The molecule has 0 aromatic heterocycles. The van der Waals surface area contributed by atoms with Crippen molar-refractivity contribution in [3.63, 3.8) is 0 Å². The molecule has 7 nitrogen and oxygen atoms in total. The fourth-order valence-electron chi connectivity index (χ4n) is 3.29. The highest BCUT2D eigenvalue weighted by Crippen LogP contribution is 2.21. The van der Waals surface area contributed by atoms with E-state index in [1.165, 1.54) is 12.3 Å². The molecule has 31 heavy (non-hydrogen) atoms. The number of hydrogen-bond donors (Lipinski definition) is 1. The summed E-state index contributed by atoms with van der Waals surface area (Å²) in [6.07, 6.45) is 1.50. The van der Waals surface area contributed by atoms with Crippen LogP contribution in [0.3, 0.4) is 0 Å². The van der Waals surface area contributed by atoms with Gasteiger partial charge in [-0.2, -0.15) is 5.26 Å². The fraction of sp³-hybridized carbons (Fsp3) is 0.261. The molecule has 1 amide bonds. The molecule has 2 aromatic rings. The molecule has 1 aliphatic rings. The monoisotopic (exact) mass is 422 g/mol. The molecule has 1 heterocycles. The molecule has 0 radical (unpaired) electrons. The lowest BCUT2D eigenvalue weighted by molar-refractivity contribution is -0.112. The quantitative estimate of drug-likeness (QED) is 0.437. The first-order valence-electron chi connectivity index (χ1n) is 9.96. The van der Waals surface area contributed by atoms with Crippen LogP contribution in [-0.4, -0.2) is 49.6 Å². The molecule has 0 saturated carbocycles. The number of carbonyl (C=O) groups is 2. The van der Waals surface area contributed by atoms with Gasteiger partial charge in [-0.15, -0.1) is 0 Å². The van der Waals surface area contributed by atoms with Crippen molar-refractivity contribution in [3.05, 3.63) is 71.7 Å². The van der Waals surface area contributed by atoms with Crippen LogP contribution in [-0.2, 0) is 9.53 Å². The van der Waals surface area contributed by atoms with Gasteiger partial charge in [0, 0.05) is 32.4 Å². The number of halogens is 1. The van der Waals surface area contributed by atoms with Crippen LogP contribution in [0.15, 0.2) is 60.3 Å². The van der Waals surface area contributed by atoms with Crippen molar-refractivity contribution in [3.8, 4) is 6.07 Å². The minimum absolute atomic E-state index is 0.0852. The number of piperazine rings is 1. The maximum Gasteiger partial charge on any atom is 0.340 e. The van der Waals surface area contributed by atoms with Crippen molar-refractivity contribution in [2.45, 2.75) is 6.92 Å². The van der Waals surface area contributed by atoms with Crippen LogP contribution in [0.2, 0.25) is 0 Å². The number of hydrogen-bond acceptors (Lipinski definition) is 6. The summed E-state index contributed by atoms with van der Waals surface area (Å²) in [6.45, 7) is 4.09. The molecule has 3 rings (SSSR count). The van der Waals surface area contributed by atoms with Gasteiger partial charge in [0.2, 0.25) is 0 Å². The molecule has 8 heteroatoms. The summed E-state index contributed by atoms with van der Waals surface area (Å²) >= 11 is 0. The Morgan fingerprint density at radius 2 is 1.81 bits per heavy atom. The van der Waals surface area contributed by atoms with Gasteiger partial charge in [-0.1, -0.05) is 24.3 Å². The highest BCUT2D eigenvalue weighted by Gasteiger charge is 2.20. The molecule has 1 saturated heterocycles. The number of nitrogens with zero attached hydrogens (tertiary/aromatic N) is 3. The molecule has 160 valence electrons. The number of amides is 1. The van der Waals surface area contributed by atoms with Gasteiger partial charge in [-0.3, -0.25) is 4.79 Å². The Hall–Kier alpha value is -3.86. The topological polar surface area (TPSA) is 85.7 Å². The third-order valence-electron chi connectivity index (χ3n) is 4.85. The van der Waals surface area contributed by atoms with Crippen molar-refractivity contribution >= 4 is 23.3 Å². The van der Waals surface area contributed by atoms with Crippen LogP contribution < -0.4 is 10.2 Å². The number of anilines is 2. The Morgan fingerprint density at radius 3 is 2.48 bits per heavy atom. The first-order chi connectivity index (χ1) is 15.0. The average molecular weight is 422 g/mol. The van der Waals surface area contributed by atoms with E-state index in [1.807, 2.05) is 15.9 Å². The number of nitriles is 1. The van der Waals surface area contributed by atoms with Crippen LogP contribution in [0.4, 0.5) is 15.8 Å². The lowest BCUT2D eigenvalue weighted by Gasteiger charge is -2.35. The second-order valence-electron chi connectivity index (χ2n) is 6.85. The summed E-state index contributed by atoms with van der Waals surface area (Å²) in [7, 11) is 0. The van der Waals surface area contributed by atoms with E-state index in [-0.39, 0.29) is 29.2 Å². The van der Waals surface area contributed by atoms with Crippen molar-refractivity contribution in [1.29, 1.82) is 5.26 Å². The highest BCUT2D eigenvalue weighted by atomic mass is 19.1. The largest absolute Gasteiger partial charge is 0.462 e. The number of para-hydroxylation sites is 2. The van der Waals surface area contributed by atoms with Gasteiger partial charge in [0.1, 0.15) is 17.5 Å². The first kappa shape index (κ1) is 21.8. The van der Waals surface area contributed by atoms with E-state index in [2.05, 4.69) is 5.32 Å². The number of benzene rings is 2. The standard InChI is InChI=1S/C23H23FN4O3/c1-2-31-23(30)18-7-3-5-9-20(18)26-22(29)17(15-25)16-27-11-13-28(14-12-27)21-10-6-4-8-19(21)24/h3-10,16H,2,11-14H2,1H3,(H,26,29)/b17-16-. The number of carbonyl (C=O) groups excluding carboxylic acids is 2. The summed E-state index contributed by atoms with van der Waals surface area (Å²) in [6, 6.07) is 15.0. The van der Waals surface area contributed by atoms with E-state index < -0.39 is 11.9 Å². The summed E-state index contributed by atoms with van der Waals surface area (Å²) in [5.74, 6) is -1.44. The first-order valence-corrected chi connectivity index (χ1v) is 9.96. The Balaban J connectivity index is 1.66. The van der Waals surface area contributed by atoms with E-state index in [0.29, 0.717) is 31.9 Å². The second kappa shape index (κ2) is 10.3. The number of nitrogens with one attached hydrogen (secondary N) is 1. The highest BCUT2D eigenvalue weighted by molar-refractivity contribution is 6.09. The second-order valence-corrected chi connectivity index (χ2v) is 6.85. The predicted octanol–water partition coefficient (Wildman–Crippen LogP) is 3.17. The van der Waals surface area contributed by atoms with Crippen LogP contribution in [0.5, 0.6) is 0 Å². The zero-order valence-electron chi connectivity index (χ0n) is 17.2. The van der Waals surface area contributed by atoms with Gasteiger partial charge in [0.15, 0.2) is 0 Å². The van der Waals surface area contributed by atoms with Crippen LogP contribution in [0.25, 0.3) is 0 Å². The molecule has 1 fully saturated rings. The lowest BCUT2D eigenvalue weighted by Crippen LogP contribution is -2.44. The van der Waals surface area contributed by atoms with E-state index in [0.717, 1.165) is 0 Å². The third kappa shape index (κ3) is 5.39. The molecular formula is C23H23FN4O3. The zero-order chi connectivity index (χ0) is 22.2. The van der Waals surface area contributed by atoms with Crippen molar-refractivity contribution in [1.82, 2.24) is 4.90 Å². The van der Waals surface area contributed by atoms with E-state index >= 15 is 0 Å². The summed E-state index contributed by atoms with van der Waals surface area (Å²) < 4.78 is 19.0. The van der Waals surface area contributed by atoms with E-state index in [1.54, 1.807) is 49.4 Å². The Labute approximate surface area is 180 Å². The van der Waals surface area contributed by atoms with Gasteiger partial charge in [-0.25, -0.2) is 9.18 Å². The number of ether oxygens (including phenoxy) is 1. The smallest absolute Gasteiger partial charge is 0.340 e.